The second-order valence-corrected chi connectivity index (χ2v) is 4.60. The number of aliphatic hydroxyl groups excluding tert-OH is 1. The molecule has 0 aromatic carbocycles. The first-order valence-electron chi connectivity index (χ1n) is 5.86. The summed E-state index contributed by atoms with van der Waals surface area (Å²) < 4.78 is 0. The van der Waals surface area contributed by atoms with Gasteiger partial charge in [0.15, 0.2) is 0 Å². The van der Waals surface area contributed by atoms with Crippen LogP contribution in [0.15, 0.2) is 12.3 Å². The molecule has 1 aromatic heterocycles. The predicted molar refractivity (Wildman–Crippen MR) is 63.2 cm³/mol. The van der Waals surface area contributed by atoms with Crippen LogP contribution in [-0.2, 0) is 0 Å². The first-order chi connectivity index (χ1) is 8.28. The lowest BCUT2D eigenvalue weighted by Gasteiger charge is -2.26. The van der Waals surface area contributed by atoms with Crippen molar-refractivity contribution < 1.29 is 5.11 Å². The Balaban J connectivity index is 1.99. The third-order valence-corrected chi connectivity index (χ3v) is 3.39. The zero-order chi connectivity index (χ0) is 12.1. The van der Waals surface area contributed by atoms with Gasteiger partial charge in [0, 0.05) is 18.2 Å². The summed E-state index contributed by atoms with van der Waals surface area (Å²) in [6.45, 7) is 0.857. The van der Waals surface area contributed by atoms with Crippen molar-refractivity contribution in [3.63, 3.8) is 0 Å². The highest BCUT2D eigenvalue weighted by atomic mass is 16.3. The topological polar surface area (TPSA) is 81.8 Å². The summed E-state index contributed by atoms with van der Waals surface area (Å²) in [6, 6.07) is 3.55. The molecule has 0 radical (unpaired) electrons. The highest BCUT2D eigenvalue weighted by Crippen LogP contribution is 2.37. The van der Waals surface area contributed by atoms with E-state index < -0.39 is 0 Å². The van der Waals surface area contributed by atoms with Gasteiger partial charge in [-0.3, -0.25) is 0 Å². The Bertz CT molecular complexity index is 421. The molecular formula is C12H16N4O. The molecule has 2 N–H and O–H groups in total. The molecule has 0 bridgehead atoms. The Morgan fingerprint density at radius 1 is 1.47 bits per heavy atom. The summed E-state index contributed by atoms with van der Waals surface area (Å²) in [5, 5.41) is 21.3. The molecule has 2 rings (SSSR count). The predicted octanol–water partition coefficient (Wildman–Crippen LogP) is 1.31. The van der Waals surface area contributed by atoms with Crippen molar-refractivity contribution in [3.05, 3.63) is 18.0 Å². The first kappa shape index (κ1) is 11.8. The fourth-order valence-corrected chi connectivity index (χ4v) is 2.29. The highest BCUT2D eigenvalue weighted by molar-refractivity contribution is 5.30. The molecule has 0 amide bonds. The van der Waals surface area contributed by atoms with E-state index in [-0.39, 0.29) is 12.0 Å². The number of hydrogen-bond acceptors (Lipinski definition) is 5. The van der Waals surface area contributed by atoms with E-state index in [2.05, 4.69) is 15.3 Å². The number of rotatable bonds is 4. The minimum Gasteiger partial charge on any atom is -0.396 e. The molecule has 1 aliphatic rings. The molecule has 1 saturated carbocycles. The lowest BCUT2D eigenvalue weighted by Crippen LogP contribution is -2.31. The average Bonchev–Trinajstić information content (AvgIpc) is 2.86. The van der Waals surface area contributed by atoms with Gasteiger partial charge < -0.3 is 10.4 Å². The van der Waals surface area contributed by atoms with Crippen LogP contribution in [0.25, 0.3) is 0 Å². The normalized spacial score (nSPS) is 17.6. The van der Waals surface area contributed by atoms with Crippen LogP contribution in [0.4, 0.5) is 5.95 Å². The lowest BCUT2D eigenvalue weighted by molar-refractivity contribution is 0.142. The number of hydrogen-bond donors (Lipinski definition) is 2. The van der Waals surface area contributed by atoms with Crippen LogP contribution >= 0.6 is 0 Å². The summed E-state index contributed by atoms with van der Waals surface area (Å²) in [5.74, 6) is 0.462. The Labute approximate surface area is 101 Å². The number of nitriles is 1. The largest absolute Gasteiger partial charge is 0.396 e. The van der Waals surface area contributed by atoms with E-state index in [1.165, 1.54) is 12.8 Å². The van der Waals surface area contributed by atoms with Crippen LogP contribution in [-0.4, -0.2) is 28.2 Å². The molecule has 5 heteroatoms. The van der Waals surface area contributed by atoms with E-state index in [1.54, 1.807) is 12.3 Å². The van der Waals surface area contributed by atoms with Crippen molar-refractivity contribution in [1.82, 2.24) is 9.97 Å². The van der Waals surface area contributed by atoms with Crippen LogP contribution in [0.2, 0.25) is 0 Å². The standard InChI is InChI=1S/C12H16N4O/c13-7-10-3-6-14-11(16-10)15-8-12(9-17)4-1-2-5-12/h3,6,17H,1-2,4-5,8-9H2,(H,14,15,16). The molecule has 0 saturated heterocycles. The summed E-state index contributed by atoms with van der Waals surface area (Å²) in [5.41, 5.74) is 0.318. The third-order valence-electron chi connectivity index (χ3n) is 3.39. The van der Waals surface area contributed by atoms with Gasteiger partial charge >= 0.3 is 0 Å². The molecular weight excluding hydrogens is 216 g/mol. The van der Waals surface area contributed by atoms with Gasteiger partial charge in [0.2, 0.25) is 5.95 Å². The molecule has 90 valence electrons. The van der Waals surface area contributed by atoms with E-state index in [1.807, 2.05) is 6.07 Å². The molecule has 0 unspecified atom stereocenters. The van der Waals surface area contributed by atoms with Gasteiger partial charge in [0.25, 0.3) is 0 Å². The van der Waals surface area contributed by atoms with Crippen LogP contribution < -0.4 is 5.32 Å². The monoisotopic (exact) mass is 232 g/mol. The molecule has 1 aromatic rings. The Hall–Kier alpha value is -1.67. The second-order valence-electron chi connectivity index (χ2n) is 4.60. The molecule has 0 aliphatic heterocycles. The lowest BCUT2D eigenvalue weighted by atomic mass is 9.87. The summed E-state index contributed by atoms with van der Waals surface area (Å²) in [7, 11) is 0. The molecule has 1 heterocycles. The number of aromatic nitrogens is 2. The minimum absolute atomic E-state index is 0.0357. The van der Waals surface area contributed by atoms with Crippen molar-refractivity contribution in [2.75, 3.05) is 18.5 Å². The van der Waals surface area contributed by atoms with Gasteiger partial charge in [-0.2, -0.15) is 5.26 Å². The van der Waals surface area contributed by atoms with Crippen molar-refractivity contribution >= 4 is 5.95 Å². The number of nitrogens with one attached hydrogen (secondary N) is 1. The van der Waals surface area contributed by atoms with Crippen LogP contribution in [0.3, 0.4) is 0 Å². The maximum atomic E-state index is 9.46. The van der Waals surface area contributed by atoms with E-state index >= 15 is 0 Å². The average molecular weight is 232 g/mol. The van der Waals surface area contributed by atoms with E-state index in [4.69, 9.17) is 5.26 Å². The third kappa shape index (κ3) is 2.71. The number of anilines is 1. The first-order valence-corrected chi connectivity index (χ1v) is 5.86. The van der Waals surface area contributed by atoms with Gasteiger partial charge in [-0.05, 0) is 18.9 Å². The molecule has 0 atom stereocenters. The van der Waals surface area contributed by atoms with Crippen LogP contribution in [0.5, 0.6) is 0 Å². The number of nitrogens with zero attached hydrogens (tertiary/aromatic N) is 3. The van der Waals surface area contributed by atoms with Gasteiger partial charge in [-0.1, -0.05) is 12.8 Å². The maximum absolute atomic E-state index is 9.46. The zero-order valence-electron chi connectivity index (χ0n) is 9.69. The van der Waals surface area contributed by atoms with Gasteiger partial charge in [0.05, 0.1) is 6.61 Å². The molecule has 17 heavy (non-hydrogen) atoms. The summed E-state index contributed by atoms with van der Waals surface area (Å²) in [6.07, 6.45) is 5.97. The highest BCUT2D eigenvalue weighted by Gasteiger charge is 2.33. The van der Waals surface area contributed by atoms with Crippen molar-refractivity contribution in [3.8, 4) is 6.07 Å². The molecule has 1 fully saturated rings. The van der Waals surface area contributed by atoms with Crippen molar-refractivity contribution in [2.24, 2.45) is 5.41 Å². The SMILES string of the molecule is N#Cc1ccnc(NCC2(CO)CCCC2)n1. The fraction of sp³-hybridized carbons (Fsp3) is 0.583. The summed E-state index contributed by atoms with van der Waals surface area (Å²) in [4.78, 5) is 8.11. The smallest absolute Gasteiger partial charge is 0.223 e. The quantitative estimate of drug-likeness (QED) is 0.818. The maximum Gasteiger partial charge on any atom is 0.223 e. The number of aliphatic hydroxyl groups is 1. The molecule has 1 aliphatic carbocycles. The van der Waals surface area contributed by atoms with Crippen LogP contribution in [0.1, 0.15) is 31.4 Å². The van der Waals surface area contributed by atoms with Gasteiger partial charge in [-0.15, -0.1) is 0 Å². The van der Waals surface area contributed by atoms with Crippen molar-refractivity contribution in [1.29, 1.82) is 5.26 Å². The molecule has 0 spiro atoms. The molecule has 5 nitrogen and oxygen atoms in total. The second kappa shape index (κ2) is 5.11. The van der Waals surface area contributed by atoms with Crippen LogP contribution in [0, 0.1) is 16.7 Å². The minimum atomic E-state index is -0.0357. The van der Waals surface area contributed by atoms with E-state index in [9.17, 15) is 5.11 Å². The summed E-state index contributed by atoms with van der Waals surface area (Å²) >= 11 is 0. The Morgan fingerprint density at radius 3 is 2.88 bits per heavy atom. The zero-order valence-corrected chi connectivity index (χ0v) is 9.69. The van der Waals surface area contributed by atoms with Gasteiger partial charge in [-0.25, -0.2) is 9.97 Å². The fourth-order valence-electron chi connectivity index (χ4n) is 2.29. The Morgan fingerprint density at radius 2 is 2.24 bits per heavy atom. The van der Waals surface area contributed by atoms with E-state index in [0.717, 1.165) is 12.8 Å². The van der Waals surface area contributed by atoms with Crippen molar-refractivity contribution in [2.45, 2.75) is 25.7 Å². The Kier molecular flexibility index (Phi) is 3.55. The van der Waals surface area contributed by atoms with Gasteiger partial charge in [0.1, 0.15) is 11.8 Å². The van der Waals surface area contributed by atoms with E-state index in [0.29, 0.717) is 18.2 Å².